The first-order chi connectivity index (χ1) is 27.6. The maximum atomic E-state index is 14.0. The summed E-state index contributed by atoms with van der Waals surface area (Å²) in [5, 5.41) is 1.39. The Morgan fingerprint density at radius 1 is 0.948 bits per heavy atom. The number of nitrogens with two attached hydrogens (primary N) is 1. The number of piperidine rings is 1. The van der Waals surface area contributed by atoms with Gasteiger partial charge >= 0.3 is 16.1 Å². The number of fused-ring (bicyclic) bond motifs is 1. The molecule has 322 valence electrons. The van der Waals surface area contributed by atoms with Gasteiger partial charge in [0.1, 0.15) is 5.84 Å². The fourth-order valence-electron chi connectivity index (χ4n) is 6.15. The first-order valence-electron chi connectivity index (χ1n) is 18.8. The summed E-state index contributed by atoms with van der Waals surface area (Å²) >= 11 is 1.61. The predicted octanol–water partition coefficient (Wildman–Crippen LogP) is 5.12. The molecule has 0 bridgehead atoms. The van der Waals surface area contributed by atoms with Crippen LogP contribution in [0.1, 0.15) is 68.5 Å². The molecule has 2 aliphatic heterocycles. The lowest BCUT2D eigenvalue weighted by molar-refractivity contribution is -0.180. The molecule has 0 saturated carbocycles. The first-order valence-corrected chi connectivity index (χ1v) is 21.1. The number of hydrogen-bond donors (Lipinski definition) is 2. The number of rotatable bonds is 22. The van der Waals surface area contributed by atoms with Crippen molar-refractivity contribution in [3.05, 3.63) is 44.7 Å². The highest BCUT2D eigenvalue weighted by atomic mass is 32.2. The van der Waals surface area contributed by atoms with Gasteiger partial charge in [-0.15, -0.1) is 11.3 Å². The Morgan fingerprint density at radius 2 is 1.55 bits per heavy atom. The van der Waals surface area contributed by atoms with E-state index >= 15 is 0 Å². The third-order valence-electron chi connectivity index (χ3n) is 9.02. The van der Waals surface area contributed by atoms with Crippen LogP contribution in [-0.2, 0) is 50.0 Å². The number of thiophene rings is 1. The molecule has 21 heteroatoms. The zero-order chi connectivity index (χ0) is 42.4. The van der Waals surface area contributed by atoms with Crippen LogP contribution < -0.4 is 10.5 Å². The molecule has 4 rings (SSSR count). The number of likely N-dealkylation sites (tertiary alicyclic amines) is 1. The molecule has 1 saturated heterocycles. The van der Waals surface area contributed by atoms with E-state index in [-0.39, 0.29) is 64.3 Å². The van der Waals surface area contributed by atoms with Crippen LogP contribution in [0.5, 0.6) is 5.75 Å². The van der Waals surface area contributed by atoms with Crippen LogP contribution in [0, 0.1) is 29.2 Å². The Balaban J connectivity index is 1.05. The number of amidine groups is 1. The van der Waals surface area contributed by atoms with Crippen molar-refractivity contribution in [2.75, 3.05) is 65.9 Å². The standard InChI is InChI=1S/C37H48F4N4O11S2/c1-3-11-45(55-4-2)37(48)24-20-27-26(43-28(42)21-24)22-25(57-27)6-5-23-7-12-44(13-8-23)29(46)9-14-52-16-18-54-19-17-53-15-10-30(47)56-35-31(38)33(40)36(58(49,50)51)34(41)32(35)39/h20,22-23H,3-19,21H2,1-2H3,(H2,42,43)(H,49,50,51). The number of benzene rings is 1. The maximum Gasteiger partial charge on any atom is 0.313 e. The number of halogens is 4. The molecule has 0 radical (unpaired) electrons. The molecule has 2 aliphatic rings. The fourth-order valence-corrected chi connectivity index (χ4v) is 7.86. The SMILES string of the molecule is CCCN(OCC)C(=O)C1=Cc2sc(CCC3CCN(C(=O)CCOCCOCCOCCC(=O)Oc4c(F)c(F)c(S(=O)(=O)O)c(F)c4F)CC3)cc2N=C(N)C1. The molecule has 1 aromatic carbocycles. The van der Waals surface area contributed by atoms with Gasteiger partial charge in [-0.2, -0.15) is 17.2 Å². The summed E-state index contributed by atoms with van der Waals surface area (Å²) in [6, 6.07) is 2.04. The first kappa shape index (κ1) is 46.7. The molecule has 15 nitrogen and oxygen atoms in total. The number of carbonyl (C=O) groups excluding carboxylic acids is 3. The van der Waals surface area contributed by atoms with Gasteiger partial charge in [0.05, 0.1) is 69.7 Å². The minimum Gasteiger partial charge on any atom is -0.420 e. The zero-order valence-electron chi connectivity index (χ0n) is 32.2. The number of aryl methyl sites for hydroxylation is 1. The van der Waals surface area contributed by atoms with Crippen LogP contribution in [0.3, 0.4) is 0 Å². The van der Waals surface area contributed by atoms with E-state index in [0.717, 1.165) is 47.5 Å². The fraction of sp³-hybridized carbons (Fsp3) is 0.568. The minimum atomic E-state index is -5.65. The predicted molar refractivity (Wildman–Crippen MR) is 203 cm³/mol. The Morgan fingerprint density at radius 3 is 2.14 bits per heavy atom. The van der Waals surface area contributed by atoms with Gasteiger partial charge in [0.25, 0.3) is 5.91 Å². The number of carbonyl (C=O) groups is 3. The molecular weight excluding hydrogens is 817 g/mol. The molecule has 58 heavy (non-hydrogen) atoms. The van der Waals surface area contributed by atoms with E-state index in [1.54, 1.807) is 11.3 Å². The Bertz CT molecular complexity index is 1900. The average molecular weight is 865 g/mol. The number of ether oxygens (including phenoxy) is 4. The van der Waals surface area contributed by atoms with Crippen molar-refractivity contribution in [1.82, 2.24) is 9.96 Å². The highest BCUT2D eigenvalue weighted by molar-refractivity contribution is 7.85. The van der Waals surface area contributed by atoms with Crippen LogP contribution >= 0.6 is 11.3 Å². The van der Waals surface area contributed by atoms with Gasteiger partial charge in [0.15, 0.2) is 16.5 Å². The maximum absolute atomic E-state index is 14.0. The molecule has 3 N–H and O–H groups in total. The van der Waals surface area contributed by atoms with Crippen LogP contribution in [0.25, 0.3) is 6.08 Å². The quantitative estimate of drug-likeness (QED) is 0.0302. The normalized spacial score (nSPS) is 14.8. The second kappa shape index (κ2) is 22.4. The number of amides is 2. The number of hydroxylamine groups is 2. The third-order valence-corrected chi connectivity index (χ3v) is 11.0. The van der Waals surface area contributed by atoms with Crippen LogP contribution in [0.2, 0.25) is 0 Å². The summed E-state index contributed by atoms with van der Waals surface area (Å²) in [6.07, 6.45) is 6.17. The van der Waals surface area contributed by atoms with E-state index in [2.05, 4.69) is 9.73 Å². The van der Waals surface area contributed by atoms with Gasteiger partial charge < -0.3 is 29.6 Å². The summed E-state index contributed by atoms with van der Waals surface area (Å²) in [4.78, 5) is 49.6. The summed E-state index contributed by atoms with van der Waals surface area (Å²) in [6.45, 7) is 6.43. The number of esters is 1. The van der Waals surface area contributed by atoms with Crippen molar-refractivity contribution >= 4 is 56.8 Å². The minimum absolute atomic E-state index is 0.00369. The summed E-state index contributed by atoms with van der Waals surface area (Å²) in [7, 11) is -5.65. The summed E-state index contributed by atoms with van der Waals surface area (Å²) < 4.78 is 107. The van der Waals surface area contributed by atoms with Crippen molar-refractivity contribution in [2.45, 2.75) is 70.1 Å². The van der Waals surface area contributed by atoms with Gasteiger partial charge in [-0.05, 0) is 57.1 Å². The van der Waals surface area contributed by atoms with E-state index in [9.17, 15) is 40.4 Å². The van der Waals surface area contributed by atoms with Crippen molar-refractivity contribution in [3.63, 3.8) is 0 Å². The largest absolute Gasteiger partial charge is 0.420 e. The molecule has 0 atom stereocenters. The highest BCUT2D eigenvalue weighted by Crippen LogP contribution is 2.37. The Hall–Kier alpha value is -3.99. The molecule has 0 aliphatic carbocycles. The number of aliphatic imine (C=N–C) groups is 1. The lowest BCUT2D eigenvalue weighted by atomic mass is 9.92. The van der Waals surface area contributed by atoms with Gasteiger partial charge in [-0.1, -0.05) is 6.92 Å². The van der Waals surface area contributed by atoms with Gasteiger partial charge in [0.2, 0.25) is 23.3 Å². The van der Waals surface area contributed by atoms with E-state index in [1.165, 1.54) is 5.06 Å². The van der Waals surface area contributed by atoms with E-state index in [0.29, 0.717) is 43.6 Å². The number of nitrogens with zero attached hydrogens (tertiary/aromatic N) is 3. The average Bonchev–Trinajstić information content (AvgIpc) is 3.48. The molecule has 0 unspecified atom stereocenters. The second-order valence-electron chi connectivity index (χ2n) is 13.3. The Labute approximate surface area is 337 Å². The van der Waals surface area contributed by atoms with Crippen LogP contribution in [0.15, 0.2) is 21.5 Å². The van der Waals surface area contributed by atoms with E-state index < -0.39 is 56.4 Å². The summed E-state index contributed by atoms with van der Waals surface area (Å²) in [5.41, 5.74) is 7.50. The lowest BCUT2D eigenvalue weighted by Gasteiger charge is -2.32. The van der Waals surface area contributed by atoms with Crippen molar-refractivity contribution in [2.24, 2.45) is 16.6 Å². The highest BCUT2D eigenvalue weighted by Gasteiger charge is 2.34. The van der Waals surface area contributed by atoms with Gasteiger partial charge in [0, 0.05) is 36.5 Å². The topological polar surface area (TPSA) is 197 Å². The van der Waals surface area contributed by atoms with Gasteiger partial charge in [-0.3, -0.25) is 23.8 Å². The van der Waals surface area contributed by atoms with Gasteiger partial charge in [-0.25, -0.2) is 18.8 Å². The smallest absolute Gasteiger partial charge is 0.313 e. The molecular formula is C37H48F4N4O11S2. The Kier molecular flexibility index (Phi) is 18.0. The molecule has 3 heterocycles. The monoisotopic (exact) mass is 864 g/mol. The van der Waals surface area contributed by atoms with E-state index in [4.69, 9.17) is 29.3 Å². The van der Waals surface area contributed by atoms with Crippen molar-refractivity contribution < 1.29 is 68.7 Å². The van der Waals surface area contributed by atoms with Crippen LogP contribution in [0.4, 0.5) is 23.2 Å². The van der Waals surface area contributed by atoms with E-state index in [1.807, 2.05) is 30.9 Å². The molecule has 2 aromatic rings. The molecule has 1 fully saturated rings. The molecule has 1 aromatic heterocycles. The van der Waals surface area contributed by atoms with Crippen molar-refractivity contribution in [1.29, 1.82) is 0 Å². The zero-order valence-corrected chi connectivity index (χ0v) is 33.9. The second-order valence-corrected chi connectivity index (χ2v) is 15.8. The van der Waals surface area contributed by atoms with Crippen LogP contribution in [-0.4, -0.2) is 112 Å². The summed E-state index contributed by atoms with van der Waals surface area (Å²) in [5.74, 6) is -12.0. The molecule has 0 spiro atoms. The third kappa shape index (κ3) is 13.3. The molecule has 2 amide bonds. The van der Waals surface area contributed by atoms with Crippen molar-refractivity contribution in [3.8, 4) is 5.75 Å². The number of hydrogen-bond acceptors (Lipinski definition) is 13. The lowest BCUT2D eigenvalue weighted by Crippen LogP contribution is -2.39.